The lowest BCUT2D eigenvalue weighted by atomic mass is 10.1. The summed E-state index contributed by atoms with van der Waals surface area (Å²) in [7, 11) is 0. The summed E-state index contributed by atoms with van der Waals surface area (Å²) in [6.07, 6.45) is 0.649. The van der Waals surface area contributed by atoms with E-state index in [1.807, 2.05) is 35.7 Å². The largest absolute Gasteiger partial charge is 0.482 e. The normalized spacial score (nSPS) is 13.1. The van der Waals surface area contributed by atoms with Gasteiger partial charge < -0.3 is 14.7 Å². The highest BCUT2D eigenvalue weighted by atomic mass is 32.1. The Kier molecular flexibility index (Phi) is 5.08. The van der Waals surface area contributed by atoms with Crippen LogP contribution in [0.1, 0.15) is 17.0 Å². The van der Waals surface area contributed by atoms with E-state index in [2.05, 4.69) is 12.1 Å². The molecule has 6 nitrogen and oxygen atoms in total. The van der Waals surface area contributed by atoms with Crippen molar-refractivity contribution in [3.63, 3.8) is 0 Å². The minimum absolute atomic E-state index is 0.0795. The molecule has 1 aliphatic rings. The summed E-state index contributed by atoms with van der Waals surface area (Å²) in [4.78, 5) is 29.3. The molecule has 0 aliphatic carbocycles. The molecule has 1 N–H and O–H groups in total. The number of carboxylic acids is 1. The highest BCUT2D eigenvalue weighted by molar-refractivity contribution is 7.10. The van der Waals surface area contributed by atoms with E-state index in [1.165, 1.54) is 10.5 Å². The number of carbonyl (C=O) groups is 2. The van der Waals surface area contributed by atoms with Gasteiger partial charge in [0.2, 0.25) is 0 Å². The van der Waals surface area contributed by atoms with Crippen LogP contribution in [0.2, 0.25) is 0 Å². The van der Waals surface area contributed by atoms with Crippen molar-refractivity contribution in [2.45, 2.75) is 12.8 Å². The minimum Gasteiger partial charge on any atom is -0.482 e. The second-order valence-electron chi connectivity index (χ2n) is 6.45. The number of fused-ring (bicyclic) bond motifs is 1. The Labute approximate surface area is 166 Å². The molecule has 0 spiro atoms. The number of carboxylic acid groups (broad SMARTS) is 1. The summed E-state index contributed by atoms with van der Waals surface area (Å²) in [6.45, 7) is 0.0359. The van der Waals surface area contributed by atoms with Crippen LogP contribution >= 0.6 is 11.3 Å². The number of nitrogens with zero attached hydrogens (tertiary/aromatic N) is 2. The lowest BCUT2D eigenvalue weighted by Gasteiger charge is -2.29. The zero-order valence-corrected chi connectivity index (χ0v) is 15.8. The Morgan fingerprint density at radius 2 is 2.04 bits per heavy atom. The van der Waals surface area contributed by atoms with Crippen LogP contribution < -0.4 is 9.64 Å². The first-order valence-corrected chi connectivity index (χ1v) is 9.76. The molecule has 0 unspecified atom stereocenters. The average molecular weight is 394 g/mol. The number of hydrogen-bond acceptors (Lipinski definition) is 5. The van der Waals surface area contributed by atoms with Crippen molar-refractivity contribution in [3.05, 3.63) is 64.5 Å². The zero-order valence-electron chi connectivity index (χ0n) is 15.0. The quantitative estimate of drug-likeness (QED) is 0.691. The van der Waals surface area contributed by atoms with Gasteiger partial charge in [-0.05, 0) is 23.8 Å². The first-order valence-electron chi connectivity index (χ1n) is 8.88. The maximum absolute atomic E-state index is 12.2. The summed E-state index contributed by atoms with van der Waals surface area (Å²) in [5, 5.41) is 12.0. The Hall–Kier alpha value is -3.19. The van der Waals surface area contributed by atoms with Crippen molar-refractivity contribution in [2.75, 3.05) is 18.1 Å². The molecule has 0 fully saturated rings. The van der Waals surface area contributed by atoms with Gasteiger partial charge in [0.25, 0.3) is 5.91 Å². The number of amides is 1. The number of benzene rings is 2. The van der Waals surface area contributed by atoms with Crippen molar-refractivity contribution in [1.82, 2.24) is 4.98 Å². The number of ether oxygens (including phenoxy) is 1. The fraction of sp³-hybridized carbons (Fsp3) is 0.190. The topological polar surface area (TPSA) is 79.7 Å². The number of rotatable bonds is 6. The van der Waals surface area contributed by atoms with Gasteiger partial charge in [-0.2, -0.15) is 0 Å². The molecular formula is C21H18N2O4S. The van der Waals surface area contributed by atoms with Gasteiger partial charge in [0.1, 0.15) is 5.75 Å². The van der Waals surface area contributed by atoms with Crippen LogP contribution in [0.15, 0.2) is 53.9 Å². The van der Waals surface area contributed by atoms with Gasteiger partial charge in [-0.3, -0.25) is 9.59 Å². The second-order valence-corrected chi connectivity index (χ2v) is 7.39. The number of aliphatic carboxylic acids is 1. The fourth-order valence-corrected chi connectivity index (χ4v) is 3.95. The van der Waals surface area contributed by atoms with E-state index in [4.69, 9.17) is 14.8 Å². The van der Waals surface area contributed by atoms with E-state index < -0.39 is 5.97 Å². The highest BCUT2D eigenvalue weighted by Gasteiger charge is 2.26. The molecule has 2 heterocycles. The Balaban J connectivity index is 1.60. The molecule has 2 aromatic carbocycles. The zero-order chi connectivity index (χ0) is 19.5. The summed E-state index contributed by atoms with van der Waals surface area (Å²) < 4.78 is 5.49. The Morgan fingerprint density at radius 1 is 1.21 bits per heavy atom. The molecule has 1 amide bonds. The van der Waals surface area contributed by atoms with E-state index in [0.29, 0.717) is 11.4 Å². The summed E-state index contributed by atoms with van der Waals surface area (Å²) in [5.74, 6) is -0.607. The molecule has 3 aromatic rings. The second kappa shape index (κ2) is 7.82. The van der Waals surface area contributed by atoms with E-state index in [1.54, 1.807) is 17.4 Å². The third-order valence-electron chi connectivity index (χ3n) is 4.50. The van der Waals surface area contributed by atoms with Crippen molar-refractivity contribution in [2.24, 2.45) is 0 Å². The number of carbonyl (C=O) groups excluding carboxylic acids is 1. The van der Waals surface area contributed by atoms with E-state index in [-0.39, 0.29) is 25.5 Å². The molecule has 0 bridgehead atoms. The standard InChI is InChI=1S/C21H18N2O4S/c24-20-12-27-18-7-6-15(11-17(18)23(20)9-8-21(25)26)16-13-28-19(22-16)10-14-4-2-1-3-5-14/h1-7,11,13H,8-10,12H2,(H,25,26). The van der Waals surface area contributed by atoms with Gasteiger partial charge in [0.05, 0.1) is 22.8 Å². The molecule has 0 saturated carbocycles. The predicted octanol–water partition coefficient (Wildman–Crippen LogP) is 3.60. The van der Waals surface area contributed by atoms with E-state index in [0.717, 1.165) is 22.7 Å². The summed E-state index contributed by atoms with van der Waals surface area (Å²) in [6, 6.07) is 15.7. The van der Waals surface area contributed by atoms with Crippen LogP contribution in [0, 0.1) is 0 Å². The predicted molar refractivity (Wildman–Crippen MR) is 107 cm³/mol. The van der Waals surface area contributed by atoms with Crippen LogP contribution in [0.5, 0.6) is 5.75 Å². The number of hydrogen-bond donors (Lipinski definition) is 1. The number of anilines is 1. The van der Waals surface area contributed by atoms with Gasteiger partial charge >= 0.3 is 5.97 Å². The first kappa shape index (κ1) is 18.2. The third-order valence-corrected chi connectivity index (χ3v) is 5.35. The average Bonchev–Trinajstić information content (AvgIpc) is 3.16. The van der Waals surface area contributed by atoms with Gasteiger partial charge in [-0.25, -0.2) is 4.98 Å². The Bertz CT molecular complexity index is 1020. The van der Waals surface area contributed by atoms with Gasteiger partial charge in [0, 0.05) is 23.9 Å². The van der Waals surface area contributed by atoms with Crippen molar-refractivity contribution >= 4 is 28.9 Å². The van der Waals surface area contributed by atoms with Crippen LogP contribution in [0.3, 0.4) is 0 Å². The summed E-state index contributed by atoms with van der Waals surface area (Å²) in [5.41, 5.74) is 3.49. The first-order chi connectivity index (χ1) is 13.6. The fourth-order valence-electron chi connectivity index (χ4n) is 3.11. The third kappa shape index (κ3) is 3.89. The molecule has 7 heteroatoms. The SMILES string of the molecule is O=C(O)CCN1C(=O)COc2ccc(-c3csc(Cc4ccccc4)n3)cc21. The maximum atomic E-state index is 12.2. The lowest BCUT2D eigenvalue weighted by Crippen LogP contribution is -2.40. The van der Waals surface area contributed by atoms with Gasteiger partial charge in [-0.15, -0.1) is 11.3 Å². The van der Waals surface area contributed by atoms with Crippen LogP contribution in [0.4, 0.5) is 5.69 Å². The molecule has 1 aromatic heterocycles. The van der Waals surface area contributed by atoms with Crippen LogP contribution in [-0.2, 0) is 16.0 Å². The van der Waals surface area contributed by atoms with Crippen LogP contribution in [-0.4, -0.2) is 35.1 Å². The minimum atomic E-state index is -0.943. The van der Waals surface area contributed by atoms with Crippen LogP contribution in [0.25, 0.3) is 11.3 Å². The van der Waals surface area contributed by atoms with Crippen molar-refractivity contribution in [3.8, 4) is 17.0 Å². The van der Waals surface area contributed by atoms with E-state index >= 15 is 0 Å². The molecule has 142 valence electrons. The van der Waals surface area contributed by atoms with E-state index in [9.17, 15) is 9.59 Å². The lowest BCUT2D eigenvalue weighted by molar-refractivity contribution is -0.136. The van der Waals surface area contributed by atoms with Crippen molar-refractivity contribution < 1.29 is 19.4 Å². The molecule has 4 rings (SSSR count). The molecule has 0 radical (unpaired) electrons. The van der Waals surface area contributed by atoms with Gasteiger partial charge in [0.15, 0.2) is 6.61 Å². The van der Waals surface area contributed by atoms with Crippen molar-refractivity contribution in [1.29, 1.82) is 0 Å². The highest BCUT2D eigenvalue weighted by Crippen LogP contribution is 2.36. The Morgan fingerprint density at radius 3 is 2.82 bits per heavy atom. The molecular weight excluding hydrogens is 376 g/mol. The smallest absolute Gasteiger partial charge is 0.305 e. The maximum Gasteiger partial charge on any atom is 0.305 e. The summed E-state index contributed by atoms with van der Waals surface area (Å²) >= 11 is 1.59. The number of thiazole rings is 1. The molecule has 1 aliphatic heterocycles. The monoisotopic (exact) mass is 394 g/mol. The molecule has 0 saturated heterocycles. The number of aromatic nitrogens is 1. The molecule has 0 atom stereocenters. The molecule has 28 heavy (non-hydrogen) atoms. The van der Waals surface area contributed by atoms with Gasteiger partial charge in [-0.1, -0.05) is 30.3 Å².